The fourth-order valence-corrected chi connectivity index (χ4v) is 0.676. The van der Waals surface area contributed by atoms with Crippen LogP contribution in [-0.4, -0.2) is 14.5 Å². The van der Waals surface area contributed by atoms with Crippen molar-refractivity contribution in [2.75, 3.05) is 0 Å². The van der Waals surface area contributed by atoms with E-state index in [1.165, 1.54) is 0 Å². The summed E-state index contributed by atoms with van der Waals surface area (Å²) in [4.78, 5) is 0. The van der Waals surface area contributed by atoms with Gasteiger partial charge in [-0.3, -0.25) is 0 Å². The van der Waals surface area contributed by atoms with Crippen LogP contribution < -0.4 is 5.44 Å². The van der Waals surface area contributed by atoms with E-state index in [-0.39, 0.29) is 0 Å². The van der Waals surface area contributed by atoms with Gasteiger partial charge < -0.3 is 0 Å². The Bertz CT molecular complexity index is 145. The third kappa shape index (κ3) is 1.11. The topological polar surface area (TPSA) is 30.7 Å². The summed E-state index contributed by atoms with van der Waals surface area (Å²) in [7, 11) is 2.37. The van der Waals surface area contributed by atoms with Crippen molar-refractivity contribution in [2.45, 2.75) is 0 Å². The van der Waals surface area contributed by atoms with Crippen molar-refractivity contribution in [3.8, 4) is 0 Å². The molecule has 1 unspecified atom stereocenters. The lowest BCUT2D eigenvalue weighted by Crippen LogP contribution is -1.85. The predicted octanol–water partition coefficient (Wildman–Crippen LogP) is -0.220. The summed E-state index contributed by atoms with van der Waals surface area (Å²) in [5.41, 5.74) is 0.745. The molecule has 5 heteroatoms. The van der Waals surface area contributed by atoms with E-state index in [0.29, 0.717) is 0 Å². The fourth-order valence-electron chi connectivity index (χ4n) is 0.255. The van der Waals surface area contributed by atoms with Gasteiger partial charge in [0.25, 0.3) is 0 Å². The molecule has 0 radical (unpaired) electrons. The molecular formula is C2H3ClN3P. The number of hydrogen-bond acceptors (Lipinski definition) is 2. The van der Waals surface area contributed by atoms with Gasteiger partial charge in [-0.1, -0.05) is 14.5 Å². The Hall–Kier alpha value is -0.140. The monoisotopic (exact) mass is 135 g/mol. The van der Waals surface area contributed by atoms with E-state index in [1.807, 2.05) is 0 Å². The van der Waals surface area contributed by atoms with Crippen molar-refractivity contribution in [3.63, 3.8) is 0 Å². The lowest BCUT2D eigenvalue weighted by Gasteiger charge is -1.70. The highest BCUT2D eigenvalue weighted by Gasteiger charge is 1.86. The first-order chi connectivity index (χ1) is 3.29. The van der Waals surface area contributed by atoms with Crippen molar-refractivity contribution in [3.05, 3.63) is 6.20 Å². The van der Waals surface area contributed by atoms with E-state index in [0.717, 1.165) is 9.64 Å². The van der Waals surface area contributed by atoms with Gasteiger partial charge in [-0.2, -0.15) is 4.20 Å². The molecule has 1 aromatic rings. The van der Waals surface area contributed by atoms with Crippen molar-refractivity contribution < 1.29 is 0 Å². The van der Waals surface area contributed by atoms with Crippen molar-refractivity contribution >= 4 is 26.5 Å². The zero-order valence-electron chi connectivity index (χ0n) is 3.37. The quantitative estimate of drug-likeness (QED) is 0.461. The predicted molar refractivity (Wildman–Crippen MR) is 30.6 cm³/mol. The number of halogens is 1. The maximum absolute atomic E-state index is 5.29. The highest BCUT2D eigenvalue weighted by Crippen LogP contribution is 1.83. The van der Waals surface area contributed by atoms with E-state index in [2.05, 4.69) is 19.6 Å². The Kier molecular flexibility index (Phi) is 1.26. The van der Waals surface area contributed by atoms with Crippen molar-refractivity contribution in [2.24, 2.45) is 0 Å². The third-order valence-electron chi connectivity index (χ3n) is 0.484. The molecule has 38 valence electrons. The van der Waals surface area contributed by atoms with Gasteiger partial charge in [-0.25, -0.2) is 0 Å². The molecule has 1 atom stereocenters. The minimum atomic E-state index is 0.745. The average Bonchev–Trinajstić information content (AvgIpc) is 1.87. The van der Waals surface area contributed by atoms with Crippen LogP contribution >= 0.6 is 21.0 Å². The summed E-state index contributed by atoms with van der Waals surface area (Å²) >= 11 is 5.29. The molecule has 1 aromatic heterocycles. The molecule has 0 N–H and O–H groups in total. The van der Waals surface area contributed by atoms with Gasteiger partial charge >= 0.3 is 0 Å². The van der Waals surface area contributed by atoms with Gasteiger partial charge in [0.2, 0.25) is 0 Å². The third-order valence-corrected chi connectivity index (χ3v) is 0.914. The van der Waals surface area contributed by atoms with Crippen LogP contribution in [0.2, 0.25) is 0 Å². The standard InChI is InChI=1S/C2H3ClN3P/c3-6-1-2(7)4-5-6/h1H,7H2. The maximum Gasteiger partial charge on any atom is 0.101 e. The van der Waals surface area contributed by atoms with Gasteiger partial charge in [0.05, 0.1) is 6.20 Å². The van der Waals surface area contributed by atoms with Gasteiger partial charge in [-0.15, -0.1) is 5.10 Å². The lowest BCUT2D eigenvalue weighted by atomic mass is 11.0. The first-order valence-electron chi connectivity index (χ1n) is 1.63. The van der Waals surface area contributed by atoms with E-state index in [4.69, 9.17) is 11.8 Å². The van der Waals surface area contributed by atoms with E-state index in [9.17, 15) is 0 Å². The molecule has 1 rings (SSSR count). The van der Waals surface area contributed by atoms with Crippen LogP contribution in [0.1, 0.15) is 0 Å². The zero-order valence-corrected chi connectivity index (χ0v) is 5.28. The Morgan fingerprint density at radius 2 is 2.57 bits per heavy atom. The Morgan fingerprint density at radius 1 is 1.86 bits per heavy atom. The number of nitrogens with zero attached hydrogens (tertiary/aromatic N) is 3. The molecule has 0 aliphatic carbocycles. The molecule has 0 saturated heterocycles. The van der Waals surface area contributed by atoms with E-state index < -0.39 is 0 Å². The van der Waals surface area contributed by atoms with Crippen LogP contribution in [-0.2, 0) is 0 Å². The molecule has 0 aliphatic rings. The molecule has 0 amide bonds. The van der Waals surface area contributed by atoms with Gasteiger partial charge in [0.15, 0.2) is 0 Å². The maximum atomic E-state index is 5.29. The second-order valence-electron chi connectivity index (χ2n) is 1.03. The van der Waals surface area contributed by atoms with Crippen LogP contribution in [0.5, 0.6) is 0 Å². The molecule has 7 heavy (non-hydrogen) atoms. The largest absolute Gasteiger partial charge is 0.159 e. The van der Waals surface area contributed by atoms with Crippen molar-refractivity contribution in [1.29, 1.82) is 0 Å². The second-order valence-corrected chi connectivity index (χ2v) is 1.97. The Labute approximate surface area is 48.0 Å². The number of hydrogen-bond donors (Lipinski definition) is 0. The lowest BCUT2D eigenvalue weighted by molar-refractivity contribution is 0.883. The number of rotatable bonds is 0. The second kappa shape index (κ2) is 1.76. The molecule has 0 spiro atoms. The van der Waals surface area contributed by atoms with Crippen LogP contribution in [0.4, 0.5) is 0 Å². The van der Waals surface area contributed by atoms with Crippen molar-refractivity contribution in [1.82, 2.24) is 14.5 Å². The highest BCUT2D eigenvalue weighted by molar-refractivity contribution is 7.26. The molecule has 0 fully saturated rings. The molecule has 0 bridgehead atoms. The minimum absolute atomic E-state index is 0.745. The molecule has 1 heterocycles. The van der Waals surface area contributed by atoms with Gasteiger partial charge in [0, 0.05) is 11.8 Å². The smallest absolute Gasteiger partial charge is 0.101 e. The van der Waals surface area contributed by atoms with Gasteiger partial charge in [0.1, 0.15) is 5.44 Å². The zero-order chi connectivity index (χ0) is 5.28. The summed E-state index contributed by atoms with van der Waals surface area (Å²) in [6.45, 7) is 0. The van der Waals surface area contributed by atoms with Crippen LogP contribution in [0.25, 0.3) is 0 Å². The molecule has 0 aliphatic heterocycles. The van der Waals surface area contributed by atoms with Crippen LogP contribution in [0, 0.1) is 0 Å². The Morgan fingerprint density at radius 3 is 2.71 bits per heavy atom. The average molecular weight is 135 g/mol. The number of aromatic nitrogens is 3. The van der Waals surface area contributed by atoms with Gasteiger partial charge in [-0.05, 0) is 0 Å². The van der Waals surface area contributed by atoms with Crippen LogP contribution in [0.3, 0.4) is 0 Å². The first-order valence-corrected chi connectivity index (χ1v) is 2.54. The highest BCUT2D eigenvalue weighted by atomic mass is 35.5. The molecule has 3 nitrogen and oxygen atoms in total. The summed E-state index contributed by atoms with van der Waals surface area (Å²) < 4.78 is 1.13. The Balaban J connectivity index is 3.04. The van der Waals surface area contributed by atoms with Crippen LogP contribution in [0.15, 0.2) is 6.20 Å². The summed E-state index contributed by atoms with van der Waals surface area (Å²) in [6, 6.07) is 0. The minimum Gasteiger partial charge on any atom is -0.159 e. The van der Waals surface area contributed by atoms with E-state index >= 15 is 0 Å². The molecule has 0 saturated carbocycles. The SMILES string of the molecule is Pc1cn(Cl)nn1. The summed E-state index contributed by atoms with van der Waals surface area (Å²) in [6.07, 6.45) is 1.59. The molecular weight excluding hydrogens is 132 g/mol. The normalized spacial score (nSPS) is 9.43. The summed E-state index contributed by atoms with van der Waals surface area (Å²) in [5.74, 6) is 0. The van der Waals surface area contributed by atoms with E-state index in [1.54, 1.807) is 6.20 Å². The fraction of sp³-hybridized carbons (Fsp3) is 0. The molecule has 0 aromatic carbocycles. The first kappa shape index (κ1) is 5.01. The summed E-state index contributed by atoms with van der Waals surface area (Å²) in [5, 5.41) is 6.99.